The second-order valence-corrected chi connectivity index (χ2v) is 11.9. The Morgan fingerprint density at radius 3 is 1.43 bits per heavy atom. The summed E-state index contributed by atoms with van der Waals surface area (Å²) in [5.41, 5.74) is 3.90. The fourth-order valence-corrected chi connectivity index (χ4v) is 4.68. The largest absolute Gasteiger partial charge is 0.504 e. The summed E-state index contributed by atoms with van der Waals surface area (Å²) in [6.07, 6.45) is 3.02. The molecular weight excluding hydrogens is 673 g/mol. The predicted molar refractivity (Wildman–Crippen MR) is 239 cm³/mol. The summed E-state index contributed by atoms with van der Waals surface area (Å²) in [4.78, 5) is 0. The van der Waals surface area contributed by atoms with Crippen molar-refractivity contribution in [3.63, 3.8) is 0 Å². The summed E-state index contributed by atoms with van der Waals surface area (Å²) >= 11 is 0. The van der Waals surface area contributed by atoms with Crippen LogP contribution in [0.4, 0.5) is 0 Å². The van der Waals surface area contributed by atoms with Crippen LogP contribution in [-0.4, -0.2) is 38.8 Å². The Bertz CT molecular complexity index is 1410. The van der Waals surface area contributed by atoms with Gasteiger partial charge in [0.25, 0.3) is 0 Å². The van der Waals surface area contributed by atoms with Crippen LogP contribution in [0.15, 0.2) is 97.1 Å². The number of hydrogen-bond donors (Lipinski definition) is 1. The fraction of sp³-hybridized carbons (Fsp3) is 0.500. The molecule has 0 amide bonds. The molecule has 0 radical (unpaired) electrons. The first-order chi connectivity index (χ1) is 23.2. The molecule has 0 fully saturated rings. The lowest BCUT2D eigenvalue weighted by Gasteiger charge is -2.19. The molecule has 6 heteroatoms. The Morgan fingerprint density at radius 1 is 0.500 bits per heavy atom. The van der Waals surface area contributed by atoms with Gasteiger partial charge in [0, 0.05) is 0 Å². The molecule has 4 aromatic carbocycles. The van der Waals surface area contributed by atoms with Gasteiger partial charge in [-0.05, 0) is 97.0 Å². The number of phenols is 1. The standard InChI is InChI=1S/C21H28O4.C11H16O2.C10H14.6CH4/c1-5-16(2)18-11-12-20(21(15-18)22-4)25-17(3)23-13-14-24-19-9-7-6-8-10-19;1-4-8(2)9-5-6-10(12)11(7-9)13-3;1-3-9(2)10-7-5-4-6-8-10;;;;;;/h6-12,15-17H,5,13-14H2,1-4H3;5-8,12H,4H2,1-3H3;4-9H,3H2,1-2H3;6*1H4. The smallest absolute Gasteiger partial charge is 0.197 e. The zero-order valence-corrected chi connectivity index (χ0v) is 30.6. The van der Waals surface area contributed by atoms with E-state index in [4.69, 9.17) is 23.7 Å². The first kappa shape index (κ1) is 59.1. The van der Waals surface area contributed by atoms with E-state index in [9.17, 15) is 5.11 Å². The van der Waals surface area contributed by atoms with E-state index in [2.05, 4.69) is 77.9 Å². The molecule has 0 saturated carbocycles. The molecule has 0 aliphatic rings. The zero-order chi connectivity index (χ0) is 35.3. The van der Waals surface area contributed by atoms with Crippen molar-refractivity contribution in [2.75, 3.05) is 27.4 Å². The molecule has 4 unspecified atom stereocenters. The summed E-state index contributed by atoms with van der Waals surface area (Å²) in [6.45, 7) is 15.9. The minimum atomic E-state index is -0.386. The third-order valence-electron chi connectivity index (χ3n) is 8.48. The average Bonchev–Trinajstić information content (AvgIpc) is 3.14. The van der Waals surface area contributed by atoms with Crippen LogP contribution in [0.3, 0.4) is 0 Å². The molecule has 54 heavy (non-hydrogen) atoms. The van der Waals surface area contributed by atoms with E-state index >= 15 is 0 Å². The normalized spacial score (nSPS) is 11.5. The maximum Gasteiger partial charge on any atom is 0.197 e. The fourth-order valence-electron chi connectivity index (χ4n) is 4.68. The summed E-state index contributed by atoms with van der Waals surface area (Å²) in [6, 6.07) is 31.9. The number of methoxy groups -OCH3 is 2. The molecule has 0 saturated heterocycles. The molecule has 1 N–H and O–H groups in total. The summed E-state index contributed by atoms with van der Waals surface area (Å²) in [7, 11) is 3.22. The first-order valence-corrected chi connectivity index (χ1v) is 17.2. The SMILES string of the molecule is C.C.C.C.C.C.CCC(C)c1ccc(O)c(OC)c1.CCC(C)c1ccc(OC(C)OCCOc2ccccc2)c(OC)c1.CCC(C)c1ccccc1. The number of para-hydroxylation sites is 1. The van der Waals surface area contributed by atoms with Gasteiger partial charge in [0.15, 0.2) is 29.3 Å². The van der Waals surface area contributed by atoms with Gasteiger partial charge in [0.1, 0.15) is 12.4 Å². The molecule has 6 nitrogen and oxygen atoms in total. The number of phenolic OH excluding ortho intramolecular Hbond substituents is 1. The number of hydrogen-bond acceptors (Lipinski definition) is 6. The van der Waals surface area contributed by atoms with Crippen LogP contribution < -0.4 is 18.9 Å². The van der Waals surface area contributed by atoms with Crippen LogP contribution in [0.1, 0.15) is 147 Å². The Morgan fingerprint density at radius 2 is 0.944 bits per heavy atom. The first-order valence-electron chi connectivity index (χ1n) is 17.2. The van der Waals surface area contributed by atoms with Gasteiger partial charge in [-0.15, -0.1) is 0 Å². The molecule has 0 aromatic heterocycles. The van der Waals surface area contributed by atoms with E-state index in [0.29, 0.717) is 42.5 Å². The highest BCUT2D eigenvalue weighted by Gasteiger charge is 2.13. The van der Waals surface area contributed by atoms with Gasteiger partial charge in [-0.3, -0.25) is 0 Å². The molecule has 0 bridgehead atoms. The van der Waals surface area contributed by atoms with E-state index in [0.717, 1.165) is 24.3 Å². The number of benzene rings is 4. The molecule has 4 atom stereocenters. The highest BCUT2D eigenvalue weighted by Crippen LogP contribution is 2.33. The van der Waals surface area contributed by atoms with Crippen molar-refractivity contribution < 1.29 is 28.8 Å². The van der Waals surface area contributed by atoms with Gasteiger partial charge >= 0.3 is 0 Å². The van der Waals surface area contributed by atoms with Gasteiger partial charge in [-0.2, -0.15) is 0 Å². The van der Waals surface area contributed by atoms with Gasteiger partial charge in [0.2, 0.25) is 0 Å². The lowest BCUT2D eigenvalue weighted by Crippen LogP contribution is -2.20. The Kier molecular flexibility index (Phi) is 36.6. The second-order valence-electron chi connectivity index (χ2n) is 11.9. The van der Waals surface area contributed by atoms with Crippen LogP contribution in [0, 0.1) is 0 Å². The highest BCUT2D eigenvalue weighted by molar-refractivity contribution is 5.44. The summed E-state index contributed by atoms with van der Waals surface area (Å²) < 4.78 is 27.6. The molecule has 0 aliphatic heterocycles. The van der Waals surface area contributed by atoms with Crippen LogP contribution >= 0.6 is 0 Å². The van der Waals surface area contributed by atoms with E-state index in [1.165, 1.54) is 23.1 Å². The molecule has 310 valence electrons. The number of ether oxygens (including phenoxy) is 5. The van der Waals surface area contributed by atoms with Gasteiger partial charge < -0.3 is 28.8 Å². The summed E-state index contributed by atoms with van der Waals surface area (Å²) in [5.74, 6) is 4.72. The van der Waals surface area contributed by atoms with Crippen molar-refractivity contribution in [3.05, 3.63) is 114 Å². The molecule has 0 aliphatic carbocycles. The van der Waals surface area contributed by atoms with Crippen molar-refractivity contribution in [2.45, 2.75) is 136 Å². The minimum Gasteiger partial charge on any atom is -0.504 e. The Hall–Kier alpha value is -4.16. The molecule has 0 heterocycles. The van der Waals surface area contributed by atoms with Crippen LogP contribution in [-0.2, 0) is 4.74 Å². The minimum absolute atomic E-state index is 0. The molecule has 0 spiro atoms. The maximum atomic E-state index is 9.36. The van der Waals surface area contributed by atoms with E-state index < -0.39 is 0 Å². The molecule has 4 aromatic rings. The Labute approximate surface area is 334 Å². The highest BCUT2D eigenvalue weighted by atomic mass is 16.7. The van der Waals surface area contributed by atoms with E-state index in [1.807, 2.05) is 61.5 Å². The zero-order valence-electron chi connectivity index (χ0n) is 30.6. The van der Waals surface area contributed by atoms with Crippen molar-refractivity contribution >= 4 is 0 Å². The van der Waals surface area contributed by atoms with Gasteiger partial charge in [0.05, 0.1) is 20.8 Å². The second kappa shape index (κ2) is 33.4. The topological polar surface area (TPSA) is 66.4 Å². The monoisotopic (exact) mass is 755 g/mol. The van der Waals surface area contributed by atoms with E-state index in [-0.39, 0.29) is 56.6 Å². The maximum absolute atomic E-state index is 9.36. The van der Waals surface area contributed by atoms with Crippen LogP contribution in [0.5, 0.6) is 28.7 Å². The average molecular weight is 755 g/mol. The van der Waals surface area contributed by atoms with E-state index in [1.54, 1.807) is 20.3 Å². The third-order valence-corrected chi connectivity index (χ3v) is 8.48. The van der Waals surface area contributed by atoms with Crippen molar-refractivity contribution in [3.8, 4) is 28.7 Å². The lowest BCUT2D eigenvalue weighted by molar-refractivity contribution is -0.0748. The Balaban J connectivity index is -0.000000235. The molecule has 4 rings (SSSR count). The summed E-state index contributed by atoms with van der Waals surface area (Å²) in [5, 5.41) is 9.36. The van der Waals surface area contributed by atoms with Crippen LogP contribution in [0.2, 0.25) is 0 Å². The molecular formula is C48H82O6. The number of aromatic hydroxyl groups is 1. The number of rotatable bonds is 15. The third kappa shape index (κ3) is 20.9. The van der Waals surface area contributed by atoms with Gasteiger partial charge in [-0.1, -0.05) is 147 Å². The quantitative estimate of drug-likeness (QED) is 0.0963. The predicted octanol–water partition coefficient (Wildman–Crippen LogP) is 15.0. The van der Waals surface area contributed by atoms with Crippen LogP contribution in [0.25, 0.3) is 0 Å². The van der Waals surface area contributed by atoms with Crippen molar-refractivity contribution in [1.82, 2.24) is 0 Å². The van der Waals surface area contributed by atoms with Crippen molar-refractivity contribution in [1.29, 1.82) is 0 Å². The van der Waals surface area contributed by atoms with Crippen molar-refractivity contribution in [2.24, 2.45) is 0 Å². The lowest BCUT2D eigenvalue weighted by atomic mass is 9.98. The van der Waals surface area contributed by atoms with Gasteiger partial charge in [-0.25, -0.2) is 0 Å².